The maximum atomic E-state index is 13.3. The molecule has 0 aliphatic heterocycles. The van der Waals surface area contributed by atoms with Crippen molar-refractivity contribution in [2.75, 3.05) is 25.0 Å². The van der Waals surface area contributed by atoms with Gasteiger partial charge in [0.15, 0.2) is 6.54 Å². The second kappa shape index (κ2) is 9.77. The Balaban J connectivity index is 2.01. The fourth-order valence-electron chi connectivity index (χ4n) is 2.87. The van der Waals surface area contributed by atoms with Gasteiger partial charge in [-0.1, -0.05) is 32.0 Å². The molecule has 8 heteroatoms. The molecule has 0 spiro atoms. The second-order valence-corrected chi connectivity index (χ2v) is 8.39. The molecule has 6 nitrogen and oxygen atoms in total. The average molecular weight is 409 g/mol. The van der Waals surface area contributed by atoms with Crippen molar-refractivity contribution in [3.63, 3.8) is 0 Å². The smallest absolute Gasteiger partial charge is 0.279 e. The molecule has 2 aromatic carbocycles. The monoisotopic (exact) mass is 408 g/mol. The average Bonchev–Trinajstić information content (AvgIpc) is 2.67. The predicted molar refractivity (Wildman–Crippen MR) is 107 cm³/mol. The number of quaternary nitrogens is 1. The largest absolute Gasteiger partial charge is 0.333 e. The number of halogens is 1. The van der Waals surface area contributed by atoms with E-state index in [0.29, 0.717) is 18.8 Å². The number of anilines is 1. The molecule has 152 valence electrons. The number of sulfonamides is 1. The van der Waals surface area contributed by atoms with Gasteiger partial charge >= 0.3 is 0 Å². The summed E-state index contributed by atoms with van der Waals surface area (Å²) in [6.45, 7) is 6.33. The van der Waals surface area contributed by atoms with Crippen molar-refractivity contribution in [3.8, 4) is 0 Å². The Morgan fingerprint density at radius 2 is 1.82 bits per heavy atom. The lowest BCUT2D eigenvalue weighted by atomic mass is 10.1. The molecular formula is C20H27FN3O3S+. The van der Waals surface area contributed by atoms with E-state index in [-0.39, 0.29) is 29.2 Å². The van der Waals surface area contributed by atoms with Crippen LogP contribution in [0.15, 0.2) is 53.4 Å². The zero-order chi connectivity index (χ0) is 20.7. The van der Waals surface area contributed by atoms with Crippen LogP contribution in [0.5, 0.6) is 0 Å². The van der Waals surface area contributed by atoms with E-state index in [9.17, 15) is 17.6 Å². The van der Waals surface area contributed by atoms with E-state index in [4.69, 9.17) is 0 Å². The van der Waals surface area contributed by atoms with Gasteiger partial charge < -0.3 is 10.6 Å². The Labute approximate surface area is 165 Å². The van der Waals surface area contributed by atoms with Crippen LogP contribution in [0.3, 0.4) is 0 Å². The highest BCUT2D eigenvalue weighted by Crippen LogP contribution is 2.19. The molecule has 0 fully saturated rings. The first-order chi connectivity index (χ1) is 13.3. The third-order valence-corrected chi connectivity index (χ3v) is 6.54. The van der Waals surface area contributed by atoms with Crippen molar-refractivity contribution in [2.45, 2.75) is 31.7 Å². The summed E-state index contributed by atoms with van der Waals surface area (Å²) in [5, 5.41) is 4.51. The van der Waals surface area contributed by atoms with Gasteiger partial charge in [0.25, 0.3) is 5.91 Å². The second-order valence-electron chi connectivity index (χ2n) is 6.45. The van der Waals surface area contributed by atoms with Gasteiger partial charge in [-0.3, -0.25) is 4.79 Å². The van der Waals surface area contributed by atoms with Gasteiger partial charge in [0, 0.05) is 24.3 Å². The van der Waals surface area contributed by atoms with Crippen molar-refractivity contribution >= 4 is 21.6 Å². The van der Waals surface area contributed by atoms with Crippen LogP contribution in [0, 0.1) is 5.82 Å². The van der Waals surface area contributed by atoms with Gasteiger partial charge in [-0.05, 0) is 37.3 Å². The lowest BCUT2D eigenvalue weighted by Crippen LogP contribution is -2.86. The van der Waals surface area contributed by atoms with Crippen molar-refractivity contribution in [1.29, 1.82) is 0 Å². The van der Waals surface area contributed by atoms with Crippen LogP contribution in [0.4, 0.5) is 10.1 Å². The molecule has 0 bridgehead atoms. The summed E-state index contributed by atoms with van der Waals surface area (Å²) in [5.41, 5.74) is 1.21. The summed E-state index contributed by atoms with van der Waals surface area (Å²) in [4.78, 5) is 12.4. The van der Waals surface area contributed by atoms with Gasteiger partial charge in [0.2, 0.25) is 10.0 Å². The molecule has 0 aliphatic rings. The lowest BCUT2D eigenvalue weighted by Gasteiger charge is -2.18. The fraction of sp³-hybridized carbons (Fsp3) is 0.350. The molecule has 3 N–H and O–H groups in total. The first kappa shape index (κ1) is 22.0. The molecule has 2 aromatic rings. The minimum Gasteiger partial charge on any atom is -0.333 e. The van der Waals surface area contributed by atoms with Crippen molar-refractivity contribution in [1.82, 2.24) is 4.31 Å². The number of benzene rings is 2. The SMILES string of the molecule is CCN(CC)S(=O)(=O)c1cccc(NC(=O)C[NH2+][C@@H](C)c2cccc(F)c2)c1. The third-order valence-electron chi connectivity index (χ3n) is 4.49. The van der Waals surface area contributed by atoms with Crippen LogP contribution in [0.25, 0.3) is 0 Å². The number of hydrogen-bond acceptors (Lipinski definition) is 3. The number of rotatable bonds is 9. The van der Waals surface area contributed by atoms with Gasteiger partial charge in [0.05, 0.1) is 4.90 Å². The standard InChI is InChI=1S/C20H26FN3O3S/c1-4-24(5-2)28(26,27)19-11-7-10-18(13-19)23-20(25)14-22-15(3)16-8-6-9-17(21)12-16/h6-13,15,22H,4-5,14H2,1-3H3,(H,23,25)/p+1/t15-/m0/s1. The first-order valence-electron chi connectivity index (χ1n) is 9.26. The Morgan fingerprint density at radius 3 is 2.46 bits per heavy atom. The zero-order valence-electron chi connectivity index (χ0n) is 16.4. The van der Waals surface area contributed by atoms with Crippen LogP contribution < -0.4 is 10.6 Å². The molecule has 0 unspecified atom stereocenters. The Kier molecular flexibility index (Phi) is 7.68. The molecule has 2 rings (SSSR count). The summed E-state index contributed by atoms with van der Waals surface area (Å²) in [6.07, 6.45) is 0. The molecule has 1 atom stereocenters. The number of amides is 1. The van der Waals surface area contributed by atoms with Crippen LogP contribution in [0.2, 0.25) is 0 Å². The topological polar surface area (TPSA) is 83.1 Å². The Morgan fingerprint density at radius 1 is 1.14 bits per heavy atom. The van der Waals surface area contributed by atoms with Gasteiger partial charge in [-0.25, -0.2) is 12.8 Å². The maximum Gasteiger partial charge on any atom is 0.279 e. The van der Waals surface area contributed by atoms with Gasteiger partial charge in [-0.15, -0.1) is 0 Å². The maximum absolute atomic E-state index is 13.3. The number of hydrogen-bond donors (Lipinski definition) is 2. The summed E-state index contributed by atoms with van der Waals surface area (Å²) in [5.74, 6) is -0.575. The minimum absolute atomic E-state index is 0.0872. The van der Waals surface area contributed by atoms with Crippen LogP contribution in [0.1, 0.15) is 32.4 Å². The molecular weight excluding hydrogens is 381 g/mol. The Hall–Kier alpha value is -2.29. The van der Waals surface area contributed by atoms with Gasteiger partial charge in [-0.2, -0.15) is 4.31 Å². The predicted octanol–water partition coefficient (Wildman–Crippen LogP) is 2.12. The highest BCUT2D eigenvalue weighted by Gasteiger charge is 2.22. The molecule has 1 amide bonds. The molecule has 0 heterocycles. The summed E-state index contributed by atoms with van der Waals surface area (Å²) >= 11 is 0. The van der Waals surface area contributed by atoms with Crippen molar-refractivity contribution < 1.29 is 22.9 Å². The van der Waals surface area contributed by atoms with Gasteiger partial charge in [0.1, 0.15) is 11.9 Å². The van der Waals surface area contributed by atoms with E-state index >= 15 is 0 Å². The van der Waals surface area contributed by atoms with E-state index < -0.39 is 10.0 Å². The fourth-order valence-corrected chi connectivity index (χ4v) is 4.37. The minimum atomic E-state index is -3.59. The number of nitrogens with two attached hydrogens (primary N) is 1. The van der Waals surface area contributed by atoms with Crippen molar-refractivity contribution in [2.24, 2.45) is 0 Å². The number of nitrogens with one attached hydrogen (secondary N) is 1. The van der Waals surface area contributed by atoms with E-state index in [1.54, 1.807) is 37.4 Å². The van der Waals surface area contributed by atoms with E-state index in [2.05, 4.69) is 5.32 Å². The summed E-state index contributed by atoms with van der Waals surface area (Å²) < 4.78 is 39.9. The number of nitrogens with zero attached hydrogens (tertiary/aromatic N) is 1. The van der Waals surface area contributed by atoms with E-state index in [1.807, 2.05) is 13.0 Å². The highest BCUT2D eigenvalue weighted by molar-refractivity contribution is 7.89. The first-order valence-corrected chi connectivity index (χ1v) is 10.7. The van der Waals surface area contributed by atoms with Crippen LogP contribution in [-0.2, 0) is 14.8 Å². The zero-order valence-corrected chi connectivity index (χ0v) is 17.2. The number of carbonyl (C=O) groups is 1. The quantitative estimate of drug-likeness (QED) is 0.667. The third kappa shape index (κ3) is 5.60. The molecule has 28 heavy (non-hydrogen) atoms. The molecule has 0 aliphatic carbocycles. The normalized spacial score (nSPS) is 12.8. The summed E-state index contributed by atoms with van der Waals surface area (Å²) in [7, 11) is -3.59. The van der Waals surface area contributed by atoms with E-state index in [0.717, 1.165) is 5.56 Å². The van der Waals surface area contributed by atoms with Crippen LogP contribution in [-0.4, -0.2) is 38.3 Å². The molecule has 0 saturated carbocycles. The molecule has 0 aromatic heterocycles. The number of carbonyl (C=O) groups excluding carboxylic acids is 1. The molecule has 0 radical (unpaired) electrons. The van der Waals surface area contributed by atoms with E-state index in [1.165, 1.54) is 28.6 Å². The lowest BCUT2D eigenvalue weighted by molar-refractivity contribution is -0.682. The van der Waals surface area contributed by atoms with Crippen molar-refractivity contribution in [3.05, 3.63) is 59.9 Å². The summed E-state index contributed by atoms with van der Waals surface area (Å²) in [6, 6.07) is 12.4. The van der Waals surface area contributed by atoms with Crippen LogP contribution >= 0.6 is 0 Å². The molecule has 0 saturated heterocycles. The Bertz CT molecular complexity index is 914. The highest BCUT2D eigenvalue weighted by atomic mass is 32.2.